The van der Waals surface area contributed by atoms with Crippen LogP contribution in [-0.4, -0.2) is 29.9 Å². The molecule has 0 atom stereocenters. The van der Waals surface area contributed by atoms with E-state index in [-0.39, 0.29) is 21.5 Å². The summed E-state index contributed by atoms with van der Waals surface area (Å²) in [5.41, 5.74) is -1.88. The van der Waals surface area contributed by atoms with Crippen LogP contribution in [0.2, 0.25) is 0 Å². The van der Waals surface area contributed by atoms with Crippen LogP contribution in [0.25, 0.3) is 129 Å². The molecule has 0 saturated carbocycles. The fourth-order valence-electron chi connectivity index (χ4n) is 11.9. The summed E-state index contributed by atoms with van der Waals surface area (Å²) in [7, 11) is 0. The van der Waals surface area contributed by atoms with E-state index in [1.54, 1.807) is 42.5 Å². The van der Waals surface area contributed by atoms with Crippen LogP contribution >= 0.6 is 0 Å². The maximum Gasteiger partial charge on any atom is 0.389 e. The van der Waals surface area contributed by atoms with Gasteiger partial charge in [0, 0.05) is 23.8 Å². The Bertz CT molecular complexity index is 4220. The second-order valence-corrected chi connectivity index (χ2v) is 18.1. The van der Waals surface area contributed by atoms with Crippen molar-refractivity contribution in [3.8, 4) is 0 Å². The normalized spacial score (nSPS) is 14.3. The molecule has 0 radical (unpaired) electrons. The topological polar surface area (TPSA) is 0 Å². The lowest BCUT2D eigenvalue weighted by molar-refractivity contribution is -0.406. The van der Waals surface area contributed by atoms with Crippen LogP contribution in [0.4, 0.5) is 57.1 Å². The SMILES string of the molecule is FC(F)(F)CCC(F)(F)C(F)(F)C(F)(F)C(F)(F)C(F)(F)c1cccc2c1c1c3ccccc3c3c4ccccc4c4c5ccccc5c5c6ccccc6c6c7ccccc7c2c2c6c5c4c3c12. The highest BCUT2D eigenvalue weighted by Crippen LogP contribution is 2.64. The summed E-state index contributed by atoms with van der Waals surface area (Å²) in [5, 5.41) is 12.8. The van der Waals surface area contributed by atoms with Crippen molar-refractivity contribution in [2.24, 2.45) is 0 Å². The van der Waals surface area contributed by atoms with Crippen LogP contribution in [0.3, 0.4) is 0 Å². The van der Waals surface area contributed by atoms with E-state index in [1.807, 2.05) is 78.9 Å². The predicted octanol–water partition coefficient (Wildman–Crippen LogP) is 18.8. The third kappa shape index (κ3) is 4.93. The zero-order valence-electron chi connectivity index (χ0n) is 35.1. The lowest BCUT2D eigenvalue weighted by Gasteiger charge is -2.40. The van der Waals surface area contributed by atoms with Crippen molar-refractivity contribution in [2.45, 2.75) is 48.6 Å². The van der Waals surface area contributed by atoms with Gasteiger partial charge in [-0.15, -0.1) is 0 Å². The maximum atomic E-state index is 17.4. The van der Waals surface area contributed by atoms with E-state index in [0.29, 0.717) is 54.5 Å². The zero-order chi connectivity index (χ0) is 48.1. The highest BCUT2D eigenvalue weighted by molar-refractivity contribution is 6.60. The molecule has 342 valence electrons. The third-order valence-electron chi connectivity index (χ3n) is 14.6. The summed E-state index contributed by atoms with van der Waals surface area (Å²) in [6, 6.07) is 39.5. The minimum Gasteiger partial charge on any atom is -0.200 e. The van der Waals surface area contributed by atoms with Crippen molar-refractivity contribution >= 4 is 129 Å². The fraction of sp³-hybridized carbons (Fsp3) is 0.143. The van der Waals surface area contributed by atoms with Gasteiger partial charge < -0.3 is 0 Å². The Kier molecular flexibility index (Phi) is 7.99. The predicted molar refractivity (Wildman–Crippen MR) is 249 cm³/mol. The molecule has 0 unspecified atom stereocenters. The molecule has 0 spiro atoms. The van der Waals surface area contributed by atoms with Gasteiger partial charge in [0.2, 0.25) is 0 Å². The number of hydrogen-bond acceptors (Lipinski definition) is 0. The Morgan fingerprint density at radius 2 is 0.507 bits per heavy atom. The Morgan fingerprint density at radius 3 is 0.826 bits per heavy atom. The monoisotopic (exact) mass is 946 g/mol. The number of halogens is 13. The van der Waals surface area contributed by atoms with E-state index in [4.69, 9.17) is 0 Å². The van der Waals surface area contributed by atoms with Gasteiger partial charge in [-0.1, -0.05) is 140 Å². The molecule has 0 nitrogen and oxygen atoms in total. The molecule has 13 aromatic carbocycles. The molecule has 0 N–H and O–H groups in total. The molecule has 13 aromatic rings. The van der Waals surface area contributed by atoms with Crippen molar-refractivity contribution in [1.82, 2.24) is 0 Å². The van der Waals surface area contributed by atoms with Gasteiger partial charge in [0.25, 0.3) is 0 Å². The molecule has 0 aromatic heterocycles. The average Bonchev–Trinajstić information content (AvgIpc) is 3.33. The Labute approximate surface area is 379 Å². The molecule has 0 saturated heterocycles. The Balaban J connectivity index is 1.31. The first-order valence-electron chi connectivity index (χ1n) is 21.8. The molecule has 0 aliphatic carbocycles. The number of hydrogen-bond donors (Lipinski definition) is 0. The van der Waals surface area contributed by atoms with Crippen molar-refractivity contribution in [3.63, 3.8) is 0 Å². The zero-order valence-corrected chi connectivity index (χ0v) is 35.1. The van der Waals surface area contributed by atoms with Gasteiger partial charge in [0.1, 0.15) is 0 Å². The van der Waals surface area contributed by atoms with Crippen LogP contribution in [0.5, 0.6) is 0 Å². The van der Waals surface area contributed by atoms with Gasteiger partial charge in [-0.2, -0.15) is 57.1 Å². The molecular formula is C56H27F13. The van der Waals surface area contributed by atoms with Crippen LogP contribution in [0.15, 0.2) is 140 Å². The molecule has 69 heavy (non-hydrogen) atoms. The maximum absolute atomic E-state index is 17.4. The first-order chi connectivity index (χ1) is 32.7. The van der Waals surface area contributed by atoms with Gasteiger partial charge in [-0.3, -0.25) is 0 Å². The molecule has 0 heterocycles. The molecule has 13 heteroatoms. The number of alkyl halides is 13. The number of rotatable bonds is 7. The summed E-state index contributed by atoms with van der Waals surface area (Å²) in [6.45, 7) is 0. The molecule has 0 aliphatic heterocycles. The van der Waals surface area contributed by atoms with E-state index in [2.05, 4.69) is 0 Å². The molecule has 0 bridgehead atoms. The fourth-order valence-corrected chi connectivity index (χ4v) is 11.9. The highest BCUT2D eigenvalue weighted by atomic mass is 19.4. The summed E-state index contributed by atoms with van der Waals surface area (Å²) in [6.07, 6.45) is -11.5. The summed E-state index contributed by atoms with van der Waals surface area (Å²) in [4.78, 5) is 0. The summed E-state index contributed by atoms with van der Waals surface area (Å²) < 4.78 is 198. The van der Waals surface area contributed by atoms with Crippen LogP contribution in [-0.2, 0) is 5.92 Å². The first-order valence-corrected chi connectivity index (χ1v) is 21.8. The van der Waals surface area contributed by atoms with Crippen molar-refractivity contribution in [3.05, 3.63) is 145 Å². The average molecular weight is 947 g/mol. The minimum atomic E-state index is -7.62. The summed E-state index contributed by atoms with van der Waals surface area (Å²) in [5.74, 6) is -35.3. The Morgan fingerprint density at radius 1 is 0.232 bits per heavy atom. The number of benzene rings is 13. The van der Waals surface area contributed by atoms with Crippen LogP contribution in [0.1, 0.15) is 18.4 Å². The molecule has 0 fully saturated rings. The Hall–Kier alpha value is -7.15. The minimum absolute atomic E-state index is 0.106. The highest BCUT2D eigenvalue weighted by Gasteiger charge is 2.86. The van der Waals surface area contributed by atoms with Crippen molar-refractivity contribution < 1.29 is 57.1 Å². The smallest absolute Gasteiger partial charge is 0.200 e. The van der Waals surface area contributed by atoms with Gasteiger partial charge in [-0.25, -0.2) is 0 Å². The molecule has 13 rings (SSSR count). The lowest BCUT2D eigenvalue weighted by atomic mass is 9.73. The second kappa shape index (κ2) is 13.1. The van der Waals surface area contributed by atoms with Gasteiger partial charge in [-0.05, 0) is 124 Å². The second-order valence-electron chi connectivity index (χ2n) is 18.1. The number of fused-ring (bicyclic) bond motifs is 18. The van der Waals surface area contributed by atoms with E-state index in [1.165, 1.54) is 6.07 Å². The van der Waals surface area contributed by atoms with Crippen molar-refractivity contribution in [2.75, 3.05) is 0 Å². The van der Waals surface area contributed by atoms with Crippen LogP contribution < -0.4 is 0 Å². The molecule has 0 aliphatic rings. The van der Waals surface area contributed by atoms with E-state index < -0.39 is 59.6 Å². The van der Waals surface area contributed by atoms with Gasteiger partial charge >= 0.3 is 35.8 Å². The van der Waals surface area contributed by atoms with E-state index in [9.17, 15) is 22.0 Å². The quantitative estimate of drug-likeness (QED) is 0.0848. The van der Waals surface area contributed by atoms with Crippen molar-refractivity contribution in [1.29, 1.82) is 0 Å². The lowest BCUT2D eigenvalue weighted by Crippen LogP contribution is -2.66. The molecular weight excluding hydrogens is 920 g/mol. The molecule has 0 amide bonds. The van der Waals surface area contributed by atoms with Crippen LogP contribution in [0, 0.1) is 0 Å². The third-order valence-corrected chi connectivity index (χ3v) is 14.6. The largest absolute Gasteiger partial charge is 0.389 e. The van der Waals surface area contributed by atoms with E-state index in [0.717, 1.165) is 59.9 Å². The standard InChI is InChI=1S/C56H27F13/c57-51(58,24-25-52(59,60)61)54(64,65)56(68,69)55(66,67)53(62,63)37-23-11-22-36-42-33-19-8-7-18-32(33)40-29-15-4-2-13-27(29)38-26-12-1-3-14-28(26)39-30-16-5-6-17-31(30)41-34-20-9-10-21-35(34)44(43(36)37)50-48(41)46(39)45(38)47(40)49(42)50/h1-23H,24-25H2. The van der Waals surface area contributed by atoms with Gasteiger partial charge in [0.05, 0.1) is 0 Å². The van der Waals surface area contributed by atoms with Gasteiger partial charge in [0.15, 0.2) is 0 Å². The first kappa shape index (κ1) is 42.0. The van der Waals surface area contributed by atoms with E-state index >= 15 is 35.1 Å². The summed E-state index contributed by atoms with van der Waals surface area (Å²) >= 11 is 0.